The minimum atomic E-state index is -0.419. The summed E-state index contributed by atoms with van der Waals surface area (Å²) in [4.78, 5) is 0. The molecule has 5 N–H and O–H groups in total. The number of rotatable bonds is 6. The largest absolute Gasteiger partial charge is 0.386 e. The van der Waals surface area contributed by atoms with Crippen molar-refractivity contribution >= 4 is 11.6 Å². The first-order valence-electron chi connectivity index (χ1n) is 9.38. The van der Waals surface area contributed by atoms with Crippen molar-refractivity contribution in [2.24, 2.45) is 22.3 Å². The Hall–Kier alpha value is -0.250. The lowest BCUT2D eigenvalue weighted by Gasteiger charge is -2.53. The third kappa shape index (κ3) is 4.24. The van der Waals surface area contributed by atoms with Crippen LogP contribution < -0.4 is 16.8 Å². The van der Waals surface area contributed by atoms with E-state index in [1.807, 2.05) is 0 Å². The molecular formula is C19H38ClN3. The maximum absolute atomic E-state index is 6.55. The van der Waals surface area contributed by atoms with E-state index in [4.69, 9.17) is 23.1 Å². The zero-order chi connectivity index (χ0) is 17.7. The topological polar surface area (TPSA) is 64.1 Å². The van der Waals surface area contributed by atoms with Crippen molar-refractivity contribution in [2.45, 2.75) is 91.1 Å². The van der Waals surface area contributed by atoms with E-state index >= 15 is 0 Å². The standard InChI is InChI=1S/C19H38ClN3/c1-6-9-11-19(8-3)12-10-15(20)13-23-16(14(4)17(21)22)18(19,5)7-2/h15,17,23H,6-13,21-22H2,1-5H3/b16-14+. The molecule has 3 unspecified atom stereocenters. The van der Waals surface area contributed by atoms with Crippen LogP contribution >= 0.6 is 11.6 Å². The van der Waals surface area contributed by atoms with Crippen LogP contribution in [0.25, 0.3) is 0 Å². The molecule has 1 heterocycles. The minimum absolute atomic E-state index is 0.0645. The molecule has 0 aromatic heterocycles. The zero-order valence-corrected chi connectivity index (χ0v) is 16.6. The maximum atomic E-state index is 6.55. The lowest BCUT2D eigenvalue weighted by Crippen LogP contribution is -2.50. The number of alkyl halides is 1. The summed E-state index contributed by atoms with van der Waals surface area (Å²) in [6, 6.07) is 0. The van der Waals surface area contributed by atoms with Crippen LogP contribution in [-0.2, 0) is 0 Å². The maximum Gasteiger partial charge on any atom is 0.0760 e. The SMILES string of the molecule is CCCCC1(CC)CCC(Cl)CN/C(=C(\C)C(N)N)C1(C)CC. The van der Waals surface area contributed by atoms with Crippen LogP contribution in [0.3, 0.4) is 0 Å². The molecule has 0 radical (unpaired) electrons. The van der Waals surface area contributed by atoms with Crippen molar-refractivity contribution in [3.8, 4) is 0 Å². The monoisotopic (exact) mass is 343 g/mol. The van der Waals surface area contributed by atoms with Crippen molar-refractivity contribution in [1.29, 1.82) is 0 Å². The molecule has 0 amide bonds. The molecular weight excluding hydrogens is 306 g/mol. The zero-order valence-electron chi connectivity index (χ0n) is 15.8. The lowest BCUT2D eigenvalue weighted by molar-refractivity contribution is 0.0358. The highest BCUT2D eigenvalue weighted by molar-refractivity contribution is 6.20. The fourth-order valence-corrected chi connectivity index (χ4v) is 4.62. The van der Waals surface area contributed by atoms with E-state index in [2.05, 4.69) is 39.9 Å². The van der Waals surface area contributed by atoms with Crippen molar-refractivity contribution in [3.63, 3.8) is 0 Å². The average Bonchev–Trinajstić information content (AvgIpc) is 2.53. The Labute approximate surface area is 148 Å². The highest BCUT2D eigenvalue weighted by Gasteiger charge is 2.49. The van der Waals surface area contributed by atoms with Crippen LogP contribution in [-0.4, -0.2) is 18.1 Å². The molecule has 1 saturated heterocycles. The number of nitrogens with one attached hydrogen (secondary N) is 1. The first-order chi connectivity index (χ1) is 10.8. The third-order valence-electron chi connectivity index (χ3n) is 6.45. The van der Waals surface area contributed by atoms with Crippen LogP contribution in [0, 0.1) is 10.8 Å². The predicted molar refractivity (Wildman–Crippen MR) is 102 cm³/mol. The smallest absolute Gasteiger partial charge is 0.0760 e. The Morgan fingerprint density at radius 1 is 1.30 bits per heavy atom. The highest BCUT2D eigenvalue weighted by Crippen LogP contribution is 2.56. The van der Waals surface area contributed by atoms with Gasteiger partial charge in [-0.2, -0.15) is 0 Å². The highest BCUT2D eigenvalue weighted by atomic mass is 35.5. The van der Waals surface area contributed by atoms with Crippen molar-refractivity contribution in [2.75, 3.05) is 6.54 Å². The van der Waals surface area contributed by atoms with Crippen LogP contribution in [0.1, 0.15) is 79.6 Å². The van der Waals surface area contributed by atoms with E-state index in [0.717, 1.165) is 25.0 Å². The minimum Gasteiger partial charge on any atom is -0.386 e. The van der Waals surface area contributed by atoms with Gasteiger partial charge in [0.2, 0.25) is 0 Å². The summed E-state index contributed by atoms with van der Waals surface area (Å²) in [6.45, 7) is 12.2. The molecule has 0 bridgehead atoms. The van der Waals surface area contributed by atoms with Gasteiger partial charge in [0.25, 0.3) is 0 Å². The first-order valence-corrected chi connectivity index (χ1v) is 9.82. The van der Waals surface area contributed by atoms with Gasteiger partial charge in [-0.1, -0.05) is 40.5 Å². The number of halogens is 1. The molecule has 0 aromatic rings. The molecule has 1 aliphatic rings. The number of allylic oxidation sites excluding steroid dienone is 1. The summed E-state index contributed by atoms with van der Waals surface area (Å²) < 4.78 is 0. The van der Waals surface area contributed by atoms with Crippen LogP contribution in [0.2, 0.25) is 0 Å². The van der Waals surface area contributed by atoms with Crippen LogP contribution in [0.15, 0.2) is 11.3 Å². The summed E-state index contributed by atoms with van der Waals surface area (Å²) in [5.41, 5.74) is 14.7. The van der Waals surface area contributed by atoms with E-state index in [9.17, 15) is 0 Å². The molecule has 3 atom stereocenters. The van der Waals surface area contributed by atoms with Gasteiger partial charge in [0, 0.05) is 17.7 Å². The van der Waals surface area contributed by atoms with Crippen molar-refractivity contribution in [3.05, 3.63) is 11.3 Å². The van der Waals surface area contributed by atoms with Gasteiger partial charge < -0.3 is 16.8 Å². The first kappa shape index (κ1) is 20.8. The molecule has 0 spiro atoms. The van der Waals surface area contributed by atoms with Gasteiger partial charge in [-0.05, 0) is 50.0 Å². The fraction of sp³-hybridized carbons (Fsp3) is 0.895. The molecule has 0 aliphatic carbocycles. The Kier molecular flexibility index (Phi) is 7.89. The number of hydrogen-bond acceptors (Lipinski definition) is 3. The van der Waals surface area contributed by atoms with Gasteiger partial charge in [-0.15, -0.1) is 11.6 Å². The Morgan fingerprint density at radius 2 is 1.96 bits per heavy atom. The van der Waals surface area contributed by atoms with Gasteiger partial charge >= 0.3 is 0 Å². The third-order valence-corrected chi connectivity index (χ3v) is 6.82. The Morgan fingerprint density at radius 3 is 2.43 bits per heavy atom. The summed E-state index contributed by atoms with van der Waals surface area (Å²) in [7, 11) is 0. The van der Waals surface area contributed by atoms with Crippen LogP contribution in [0.4, 0.5) is 0 Å². The van der Waals surface area contributed by atoms with E-state index in [1.54, 1.807) is 0 Å². The number of unbranched alkanes of at least 4 members (excludes halogenated alkanes) is 1. The van der Waals surface area contributed by atoms with E-state index < -0.39 is 6.17 Å². The molecule has 3 nitrogen and oxygen atoms in total. The van der Waals surface area contributed by atoms with Gasteiger partial charge in [0.15, 0.2) is 0 Å². The summed E-state index contributed by atoms with van der Waals surface area (Å²) in [5, 5.41) is 3.81. The second-order valence-electron chi connectivity index (χ2n) is 7.52. The molecule has 0 saturated carbocycles. The van der Waals surface area contributed by atoms with E-state index in [1.165, 1.54) is 37.8 Å². The van der Waals surface area contributed by atoms with Gasteiger partial charge in [-0.3, -0.25) is 0 Å². The quantitative estimate of drug-likeness (QED) is 0.491. The fourth-order valence-electron chi connectivity index (χ4n) is 4.44. The Balaban J connectivity index is 3.46. The van der Waals surface area contributed by atoms with Crippen molar-refractivity contribution in [1.82, 2.24) is 5.32 Å². The molecule has 1 fully saturated rings. The summed E-state index contributed by atoms with van der Waals surface area (Å²) in [5.74, 6) is 0. The Bertz CT molecular complexity index is 407. The molecule has 23 heavy (non-hydrogen) atoms. The van der Waals surface area contributed by atoms with Gasteiger partial charge in [0.1, 0.15) is 0 Å². The summed E-state index contributed by atoms with van der Waals surface area (Å²) >= 11 is 6.55. The molecule has 136 valence electrons. The van der Waals surface area contributed by atoms with E-state index in [0.29, 0.717) is 0 Å². The van der Waals surface area contributed by atoms with Crippen LogP contribution in [0.5, 0.6) is 0 Å². The number of nitrogens with two attached hydrogens (primary N) is 2. The average molecular weight is 344 g/mol. The predicted octanol–water partition coefficient (Wildman–Crippen LogP) is 4.50. The molecule has 1 aliphatic heterocycles. The molecule has 0 aromatic carbocycles. The lowest BCUT2D eigenvalue weighted by atomic mass is 9.54. The van der Waals surface area contributed by atoms with E-state index in [-0.39, 0.29) is 16.2 Å². The summed E-state index contributed by atoms with van der Waals surface area (Å²) in [6.07, 6.45) is 7.82. The van der Waals surface area contributed by atoms with Gasteiger partial charge in [-0.25, -0.2) is 0 Å². The van der Waals surface area contributed by atoms with Crippen molar-refractivity contribution < 1.29 is 0 Å². The molecule has 1 rings (SSSR count). The van der Waals surface area contributed by atoms with Gasteiger partial charge in [0.05, 0.1) is 11.5 Å². The normalized spacial score (nSPS) is 34.7. The molecule has 4 heteroatoms. The number of hydrogen-bond donors (Lipinski definition) is 3. The second kappa shape index (κ2) is 8.73. The second-order valence-corrected chi connectivity index (χ2v) is 8.14.